The second-order valence-electron chi connectivity index (χ2n) is 2.93. The quantitative estimate of drug-likeness (QED) is 0.813. The molecule has 76 valence electrons. The van der Waals surface area contributed by atoms with E-state index >= 15 is 0 Å². The molecule has 0 amide bonds. The summed E-state index contributed by atoms with van der Waals surface area (Å²) in [6.45, 7) is 0. The van der Waals surface area contributed by atoms with Gasteiger partial charge in [-0.3, -0.25) is 0 Å². The van der Waals surface area contributed by atoms with Gasteiger partial charge in [0, 0.05) is 6.20 Å². The molecular formula is C10H7FN2O2. The number of nitrogens with zero attached hydrogens (tertiary/aromatic N) is 2. The third-order valence-corrected chi connectivity index (χ3v) is 1.90. The molecule has 0 aliphatic heterocycles. The lowest BCUT2D eigenvalue weighted by molar-refractivity contribution is 0.0690. The number of aromatic carboxylic acids is 1. The van der Waals surface area contributed by atoms with Crippen LogP contribution in [0.15, 0.2) is 36.5 Å². The fourth-order valence-corrected chi connectivity index (χ4v) is 1.18. The highest BCUT2D eigenvalue weighted by molar-refractivity contribution is 5.85. The van der Waals surface area contributed by atoms with Crippen molar-refractivity contribution in [2.24, 2.45) is 0 Å². The summed E-state index contributed by atoms with van der Waals surface area (Å²) < 4.78 is 14.0. The lowest BCUT2D eigenvalue weighted by Gasteiger charge is -1.99. The number of carboxylic acids is 1. The molecule has 0 saturated heterocycles. The van der Waals surface area contributed by atoms with E-state index in [2.05, 4.69) is 5.10 Å². The van der Waals surface area contributed by atoms with Crippen LogP contribution in [0.25, 0.3) is 5.69 Å². The Morgan fingerprint density at radius 1 is 1.27 bits per heavy atom. The summed E-state index contributed by atoms with van der Waals surface area (Å²) in [6.07, 6.45) is 1.51. The van der Waals surface area contributed by atoms with Crippen molar-refractivity contribution in [3.05, 3.63) is 48.0 Å². The van der Waals surface area contributed by atoms with Crippen LogP contribution >= 0.6 is 0 Å². The molecule has 1 aromatic heterocycles. The zero-order valence-electron chi connectivity index (χ0n) is 7.59. The fourth-order valence-electron chi connectivity index (χ4n) is 1.18. The Hall–Kier alpha value is -2.17. The lowest BCUT2D eigenvalue weighted by Crippen LogP contribution is -2.00. The van der Waals surface area contributed by atoms with Crippen molar-refractivity contribution >= 4 is 5.97 Å². The van der Waals surface area contributed by atoms with Gasteiger partial charge in [0.1, 0.15) is 5.82 Å². The first-order valence-electron chi connectivity index (χ1n) is 4.22. The molecule has 0 spiro atoms. The van der Waals surface area contributed by atoms with Crippen LogP contribution in [0.5, 0.6) is 0 Å². The number of hydrogen-bond donors (Lipinski definition) is 1. The van der Waals surface area contributed by atoms with Gasteiger partial charge in [0.15, 0.2) is 5.69 Å². The minimum Gasteiger partial charge on any atom is -0.476 e. The summed E-state index contributed by atoms with van der Waals surface area (Å²) >= 11 is 0. The smallest absolute Gasteiger partial charge is 0.356 e. The first kappa shape index (κ1) is 9.39. The molecule has 0 bridgehead atoms. The predicted molar refractivity (Wildman–Crippen MR) is 50.5 cm³/mol. The van der Waals surface area contributed by atoms with E-state index in [1.807, 2.05) is 0 Å². The maximum Gasteiger partial charge on any atom is 0.356 e. The number of carboxylic acid groups (broad SMARTS) is 1. The van der Waals surface area contributed by atoms with E-state index < -0.39 is 5.97 Å². The van der Waals surface area contributed by atoms with Gasteiger partial charge in [0.25, 0.3) is 0 Å². The zero-order chi connectivity index (χ0) is 10.8. The summed E-state index contributed by atoms with van der Waals surface area (Å²) in [5.74, 6) is -1.43. The van der Waals surface area contributed by atoms with Gasteiger partial charge in [-0.2, -0.15) is 5.10 Å². The summed E-state index contributed by atoms with van der Waals surface area (Å²) in [4.78, 5) is 10.6. The van der Waals surface area contributed by atoms with Crippen LogP contribution in [-0.2, 0) is 0 Å². The van der Waals surface area contributed by atoms with Crippen LogP contribution in [0.4, 0.5) is 4.39 Å². The Balaban J connectivity index is 2.37. The molecule has 1 heterocycles. The molecule has 0 aliphatic rings. The van der Waals surface area contributed by atoms with Crippen molar-refractivity contribution < 1.29 is 14.3 Å². The minimum atomic E-state index is -1.09. The number of halogens is 1. The third-order valence-electron chi connectivity index (χ3n) is 1.90. The Labute approximate surface area is 84.6 Å². The Bertz CT molecular complexity index is 490. The molecule has 0 unspecified atom stereocenters. The normalized spacial score (nSPS) is 10.2. The van der Waals surface area contributed by atoms with Crippen LogP contribution in [0, 0.1) is 5.82 Å². The molecule has 1 aromatic carbocycles. The fraction of sp³-hybridized carbons (Fsp3) is 0. The maximum absolute atomic E-state index is 12.6. The summed E-state index contributed by atoms with van der Waals surface area (Å²) in [5.41, 5.74) is 0.572. The SMILES string of the molecule is O=C(O)c1ccn(-c2ccc(F)cc2)n1. The monoisotopic (exact) mass is 206 g/mol. The first-order chi connectivity index (χ1) is 7.16. The highest BCUT2D eigenvalue weighted by atomic mass is 19.1. The maximum atomic E-state index is 12.6. The standard InChI is InChI=1S/C10H7FN2O2/c11-7-1-3-8(4-2-7)13-6-5-9(12-13)10(14)15/h1-6H,(H,14,15). The molecule has 0 fully saturated rings. The number of carbonyl (C=O) groups is 1. The van der Waals surface area contributed by atoms with Crippen LogP contribution in [-0.4, -0.2) is 20.9 Å². The van der Waals surface area contributed by atoms with Crippen LogP contribution in [0.1, 0.15) is 10.5 Å². The van der Waals surface area contributed by atoms with E-state index in [0.29, 0.717) is 5.69 Å². The van der Waals surface area contributed by atoms with Gasteiger partial charge >= 0.3 is 5.97 Å². The molecule has 0 saturated carbocycles. The van der Waals surface area contributed by atoms with Gasteiger partial charge in [-0.05, 0) is 30.3 Å². The van der Waals surface area contributed by atoms with E-state index in [1.165, 1.54) is 41.2 Å². The van der Waals surface area contributed by atoms with Gasteiger partial charge in [-0.25, -0.2) is 13.9 Å². The Kier molecular flexibility index (Phi) is 2.21. The predicted octanol–water partition coefficient (Wildman–Crippen LogP) is 1.71. The zero-order valence-corrected chi connectivity index (χ0v) is 7.59. The van der Waals surface area contributed by atoms with E-state index in [0.717, 1.165) is 0 Å². The van der Waals surface area contributed by atoms with Gasteiger partial charge in [0.2, 0.25) is 0 Å². The second kappa shape index (κ2) is 3.53. The number of benzene rings is 1. The number of rotatable bonds is 2. The third kappa shape index (κ3) is 1.85. The molecule has 2 rings (SSSR count). The van der Waals surface area contributed by atoms with E-state index in [1.54, 1.807) is 0 Å². The van der Waals surface area contributed by atoms with Crippen molar-refractivity contribution in [1.29, 1.82) is 0 Å². The van der Waals surface area contributed by atoms with Crippen molar-refractivity contribution in [3.63, 3.8) is 0 Å². The van der Waals surface area contributed by atoms with E-state index in [-0.39, 0.29) is 11.5 Å². The first-order valence-corrected chi connectivity index (χ1v) is 4.22. The lowest BCUT2D eigenvalue weighted by atomic mass is 10.3. The van der Waals surface area contributed by atoms with Crippen LogP contribution in [0.2, 0.25) is 0 Å². The molecule has 15 heavy (non-hydrogen) atoms. The molecular weight excluding hydrogens is 199 g/mol. The number of aromatic nitrogens is 2. The molecule has 2 aromatic rings. The Morgan fingerprint density at radius 2 is 1.93 bits per heavy atom. The summed E-state index contributed by atoms with van der Waals surface area (Å²) in [6, 6.07) is 7.00. The summed E-state index contributed by atoms with van der Waals surface area (Å²) in [5, 5.41) is 12.5. The average molecular weight is 206 g/mol. The van der Waals surface area contributed by atoms with Gasteiger partial charge < -0.3 is 5.11 Å². The van der Waals surface area contributed by atoms with E-state index in [9.17, 15) is 9.18 Å². The van der Waals surface area contributed by atoms with Crippen molar-refractivity contribution in [2.45, 2.75) is 0 Å². The Morgan fingerprint density at radius 3 is 2.47 bits per heavy atom. The highest BCUT2D eigenvalue weighted by Crippen LogP contribution is 2.08. The molecule has 0 atom stereocenters. The summed E-state index contributed by atoms with van der Waals surface area (Å²) in [7, 11) is 0. The molecule has 4 nitrogen and oxygen atoms in total. The highest BCUT2D eigenvalue weighted by Gasteiger charge is 2.07. The van der Waals surface area contributed by atoms with E-state index in [4.69, 9.17) is 5.11 Å². The topological polar surface area (TPSA) is 55.1 Å². The van der Waals surface area contributed by atoms with Gasteiger partial charge in [0.05, 0.1) is 5.69 Å². The molecule has 0 aliphatic carbocycles. The molecule has 5 heteroatoms. The van der Waals surface area contributed by atoms with Crippen LogP contribution in [0.3, 0.4) is 0 Å². The van der Waals surface area contributed by atoms with Crippen molar-refractivity contribution in [3.8, 4) is 5.69 Å². The molecule has 1 N–H and O–H groups in total. The van der Waals surface area contributed by atoms with Crippen LogP contribution < -0.4 is 0 Å². The number of hydrogen-bond acceptors (Lipinski definition) is 2. The molecule has 0 radical (unpaired) electrons. The largest absolute Gasteiger partial charge is 0.476 e. The van der Waals surface area contributed by atoms with Crippen molar-refractivity contribution in [2.75, 3.05) is 0 Å². The average Bonchev–Trinajstić information content (AvgIpc) is 2.68. The van der Waals surface area contributed by atoms with Gasteiger partial charge in [-0.1, -0.05) is 0 Å². The minimum absolute atomic E-state index is 0.0423. The van der Waals surface area contributed by atoms with Crippen molar-refractivity contribution in [1.82, 2.24) is 9.78 Å². The second-order valence-corrected chi connectivity index (χ2v) is 2.93. The van der Waals surface area contributed by atoms with Gasteiger partial charge in [-0.15, -0.1) is 0 Å².